The molecule has 0 spiro atoms. The van der Waals surface area contributed by atoms with Crippen LogP contribution in [0.1, 0.15) is 11.1 Å². The zero-order valence-corrected chi connectivity index (χ0v) is 10.4. The third-order valence-electron chi connectivity index (χ3n) is 2.81. The molecule has 0 unspecified atom stereocenters. The van der Waals surface area contributed by atoms with Gasteiger partial charge in [-0.2, -0.15) is 0 Å². The van der Waals surface area contributed by atoms with E-state index in [9.17, 15) is 0 Å². The van der Waals surface area contributed by atoms with Gasteiger partial charge in [0.1, 0.15) is 11.9 Å². The summed E-state index contributed by atoms with van der Waals surface area (Å²) in [5.74, 6) is 0.880. The Labute approximate surface area is 102 Å². The summed E-state index contributed by atoms with van der Waals surface area (Å²) in [6, 6.07) is 6.17. The molecule has 1 saturated heterocycles. The molecule has 0 aromatic heterocycles. The van der Waals surface area contributed by atoms with Gasteiger partial charge < -0.3 is 19.5 Å². The van der Waals surface area contributed by atoms with Crippen molar-refractivity contribution in [3.05, 3.63) is 29.3 Å². The van der Waals surface area contributed by atoms with E-state index >= 15 is 0 Å². The zero-order chi connectivity index (χ0) is 12.1. The van der Waals surface area contributed by atoms with Crippen LogP contribution in [-0.2, 0) is 22.6 Å². The van der Waals surface area contributed by atoms with Crippen LogP contribution in [0.2, 0.25) is 0 Å². The van der Waals surface area contributed by atoms with Gasteiger partial charge in [-0.3, -0.25) is 0 Å². The molecule has 1 aromatic carbocycles. The van der Waals surface area contributed by atoms with Crippen LogP contribution in [0.3, 0.4) is 0 Å². The van der Waals surface area contributed by atoms with Crippen molar-refractivity contribution >= 4 is 0 Å². The van der Waals surface area contributed by atoms with E-state index in [2.05, 4.69) is 17.4 Å². The predicted molar refractivity (Wildman–Crippen MR) is 65.2 cm³/mol. The molecule has 1 aromatic rings. The number of hydrogen-bond acceptors (Lipinski definition) is 4. The van der Waals surface area contributed by atoms with Crippen molar-refractivity contribution < 1.29 is 14.2 Å². The average Bonchev–Trinajstić information content (AvgIpc) is 2.28. The van der Waals surface area contributed by atoms with Crippen LogP contribution in [0, 0.1) is 0 Å². The summed E-state index contributed by atoms with van der Waals surface area (Å²) in [4.78, 5) is 0. The second kappa shape index (κ2) is 6.00. The molecule has 0 saturated carbocycles. The van der Waals surface area contributed by atoms with E-state index in [1.54, 1.807) is 7.11 Å². The maximum atomic E-state index is 5.71. The topological polar surface area (TPSA) is 39.7 Å². The van der Waals surface area contributed by atoms with Crippen molar-refractivity contribution in [1.82, 2.24) is 5.32 Å². The van der Waals surface area contributed by atoms with Gasteiger partial charge in [0, 0.05) is 12.1 Å². The van der Waals surface area contributed by atoms with E-state index in [4.69, 9.17) is 14.2 Å². The molecule has 1 fully saturated rings. The highest BCUT2D eigenvalue weighted by Gasteiger charge is 2.19. The van der Waals surface area contributed by atoms with Gasteiger partial charge in [0.15, 0.2) is 0 Å². The lowest BCUT2D eigenvalue weighted by molar-refractivity contribution is -0.135. The van der Waals surface area contributed by atoms with Crippen LogP contribution in [0.25, 0.3) is 0 Å². The van der Waals surface area contributed by atoms with Crippen LogP contribution >= 0.6 is 0 Å². The monoisotopic (exact) mass is 237 g/mol. The standard InChI is InChI=1S/C13H19NO3/c1-14-6-10-3-4-13(15-2)11(5-10)7-17-12-8-16-9-12/h3-5,12,14H,6-9H2,1-2H3. The van der Waals surface area contributed by atoms with Crippen LogP contribution < -0.4 is 10.1 Å². The molecule has 4 heteroatoms. The van der Waals surface area contributed by atoms with Crippen molar-refractivity contribution in [2.45, 2.75) is 19.3 Å². The Balaban J connectivity index is 2.02. The van der Waals surface area contributed by atoms with Gasteiger partial charge in [-0.05, 0) is 24.7 Å². The Morgan fingerprint density at radius 3 is 2.82 bits per heavy atom. The number of methoxy groups -OCH3 is 1. The summed E-state index contributed by atoms with van der Waals surface area (Å²) in [5.41, 5.74) is 2.32. The fraction of sp³-hybridized carbons (Fsp3) is 0.538. The predicted octanol–water partition coefficient (Wildman–Crippen LogP) is 1.33. The van der Waals surface area contributed by atoms with Crippen molar-refractivity contribution in [3.8, 4) is 5.75 Å². The SMILES string of the molecule is CNCc1ccc(OC)c(COC2COC2)c1. The fourth-order valence-corrected chi connectivity index (χ4v) is 1.78. The molecule has 17 heavy (non-hydrogen) atoms. The maximum Gasteiger partial charge on any atom is 0.124 e. The first-order valence-electron chi connectivity index (χ1n) is 5.83. The summed E-state index contributed by atoms with van der Waals surface area (Å²) >= 11 is 0. The molecule has 0 atom stereocenters. The van der Waals surface area contributed by atoms with Gasteiger partial charge in [-0.15, -0.1) is 0 Å². The quantitative estimate of drug-likeness (QED) is 0.810. The Morgan fingerprint density at radius 2 is 2.24 bits per heavy atom. The first-order chi connectivity index (χ1) is 8.33. The fourth-order valence-electron chi connectivity index (χ4n) is 1.78. The molecule has 1 heterocycles. The summed E-state index contributed by atoms with van der Waals surface area (Å²) in [6.45, 7) is 2.84. The zero-order valence-electron chi connectivity index (χ0n) is 10.4. The first kappa shape index (κ1) is 12.4. The Bertz CT molecular complexity index is 364. The molecule has 94 valence electrons. The highest BCUT2D eigenvalue weighted by Crippen LogP contribution is 2.22. The number of rotatable bonds is 6. The minimum absolute atomic E-state index is 0.243. The summed E-state index contributed by atoms with van der Waals surface area (Å²) in [6.07, 6.45) is 0.243. The van der Waals surface area contributed by atoms with E-state index in [0.29, 0.717) is 19.8 Å². The second-order valence-corrected chi connectivity index (χ2v) is 4.15. The van der Waals surface area contributed by atoms with Crippen LogP contribution in [0.5, 0.6) is 5.75 Å². The highest BCUT2D eigenvalue weighted by atomic mass is 16.6. The van der Waals surface area contributed by atoms with Gasteiger partial charge in [0.25, 0.3) is 0 Å². The van der Waals surface area contributed by atoms with Crippen molar-refractivity contribution in [2.24, 2.45) is 0 Å². The van der Waals surface area contributed by atoms with Gasteiger partial charge in [-0.1, -0.05) is 6.07 Å². The van der Waals surface area contributed by atoms with Crippen LogP contribution in [0.15, 0.2) is 18.2 Å². The molecule has 2 rings (SSSR count). The third-order valence-corrected chi connectivity index (χ3v) is 2.81. The van der Waals surface area contributed by atoms with Crippen molar-refractivity contribution in [1.29, 1.82) is 0 Å². The molecule has 0 amide bonds. The van der Waals surface area contributed by atoms with E-state index in [1.807, 2.05) is 13.1 Å². The maximum absolute atomic E-state index is 5.71. The number of benzene rings is 1. The van der Waals surface area contributed by atoms with E-state index < -0.39 is 0 Å². The normalized spacial score (nSPS) is 15.6. The van der Waals surface area contributed by atoms with Gasteiger partial charge in [0.05, 0.1) is 26.9 Å². The minimum Gasteiger partial charge on any atom is -0.496 e. The van der Waals surface area contributed by atoms with E-state index in [0.717, 1.165) is 17.9 Å². The largest absolute Gasteiger partial charge is 0.496 e. The Morgan fingerprint density at radius 1 is 1.41 bits per heavy atom. The lowest BCUT2D eigenvalue weighted by Crippen LogP contribution is -2.35. The molecule has 1 aliphatic heterocycles. The summed E-state index contributed by atoms with van der Waals surface area (Å²) in [5, 5.41) is 3.13. The third kappa shape index (κ3) is 3.19. The van der Waals surface area contributed by atoms with Crippen molar-refractivity contribution in [3.63, 3.8) is 0 Å². The Hall–Kier alpha value is -1.10. The Kier molecular flexibility index (Phi) is 4.36. The smallest absolute Gasteiger partial charge is 0.124 e. The lowest BCUT2D eigenvalue weighted by Gasteiger charge is -2.26. The molecule has 1 N–H and O–H groups in total. The molecule has 1 aliphatic rings. The van der Waals surface area contributed by atoms with Crippen molar-refractivity contribution in [2.75, 3.05) is 27.4 Å². The first-order valence-corrected chi connectivity index (χ1v) is 5.83. The van der Waals surface area contributed by atoms with E-state index in [-0.39, 0.29) is 6.10 Å². The van der Waals surface area contributed by atoms with Gasteiger partial charge >= 0.3 is 0 Å². The summed E-state index contributed by atoms with van der Waals surface area (Å²) < 4.78 is 16.1. The molecule has 4 nitrogen and oxygen atoms in total. The molecular weight excluding hydrogens is 218 g/mol. The number of hydrogen-bond donors (Lipinski definition) is 1. The molecule has 0 bridgehead atoms. The number of nitrogens with one attached hydrogen (secondary N) is 1. The highest BCUT2D eigenvalue weighted by molar-refractivity contribution is 5.36. The molecule has 0 radical (unpaired) electrons. The summed E-state index contributed by atoms with van der Waals surface area (Å²) in [7, 11) is 3.62. The number of ether oxygens (including phenoxy) is 3. The van der Waals surface area contributed by atoms with Crippen LogP contribution in [-0.4, -0.2) is 33.5 Å². The molecule has 0 aliphatic carbocycles. The van der Waals surface area contributed by atoms with Crippen LogP contribution in [0.4, 0.5) is 0 Å². The second-order valence-electron chi connectivity index (χ2n) is 4.15. The minimum atomic E-state index is 0.243. The van der Waals surface area contributed by atoms with E-state index in [1.165, 1.54) is 5.56 Å². The molecular formula is C13H19NO3. The van der Waals surface area contributed by atoms with Gasteiger partial charge in [0.2, 0.25) is 0 Å². The average molecular weight is 237 g/mol. The van der Waals surface area contributed by atoms with Gasteiger partial charge in [-0.25, -0.2) is 0 Å². The lowest BCUT2D eigenvalue weighted by atomic mass is 10.1.